The Labute approximate surface area is 89.2 Å². The molecule has 0 atom stereocenters. The Bertz CT molecular complexity index is 492. The van der Waals surface area contributed by atoms with Crippen LogP contribution in [0.3, 0.4) is 0 Å². The standard InChI is InChI=1S/C9H7N3O2S/c10-9-12-11-7(15-9)5-1-3-6(4-2-5)8(13)14/h1-4H,(H2,10,12)(H,13,14)/p-1. The maximum atomic E-state index is 10.5. The van der Waals surface area contributed by atoms with E-state index in [1.165, 1.54) is 23.5 Å². The Morgan fingerprint density at radius 1 is 1.27 bits per heavy atom. The molecule has 0 aliphatic rings. The van der Waals surface area contributed by atoms with Crippen LogP contribution in [0.5, 0.6) is 0 Å². The minimum atomic E-state index is -1.20. The van der Waals surface area contributed by atoms with Gasteiger partial charge in [0.25, 0.3) is 0 Å². The first-order chi connectivity index (χ1) is 7.16. The minimum Gasteiger partial charge on any atom is -0.545 e. The highest BCUT2D eigenvalue weighted by Gasteiger charge is 2.04. The number of anilines is 1. The third kappa shape index (κ3) is 1.94. The second kappa shape index (κ2) is 3.66. The van der Waals surface area contributed by atoms with E-state index in [4.69, 9.17) is 5.73 Å². The second-order valence-corrected chi connectivity index (χ2v) is 3.82. The molecule has 0 saturated heterocycles. The molecular weight excluding hydrogens is 214 g/mol. The van der Waals surface area contributed by atoms with E-state index in [-0.39, 0.29) is 5.56 Å². The number of aromatic nitrogens is 2. The largest absolute Gasteiger partial charge is 0.545 e. The quantitative estimate of drug-likeness (QED) is 0.777. The smallest absolute Gasteiger partial charge is 0.203 e. The van der Waals surface area contributed by atoms with Gasteiger partial charge in [0.15, 0.2) is 0 Å². The molecule has 0 spiro atoms. The molecule has 0 aliphatic heterocycles. The number of carboxylic acids is 1. The van der Waals surface area contributed by atoms with E-state index in [2.05, 4.69) is 10.2 Å². The molecular formula is C9H6N3O2S-. The van der Waals surface area contributed by atoms with Crippen LogP contribution in [0.25, 0.3) is 10.6 Å². The molecule has 0 aliphatic carbocycles. The third-order valence-electron chi connectivity index (χ3n) is 1.81. The van der Waals surface area contributed by atoms with Crippen LogP contribution in [0.1, 0.15) is 10.4 Å². The average Bonchev–Trinajstić information content (AvgIpc) is 2.65. The maximum Gasteiger partial charge on any atom is 0.203 e. The van der Waals surface area contributed by atoms with Crippen LogP contribution in [0.4, 0.5) is 5.13 Å². The van der Waals surface area contributed by atoms with Crippen LogP contribution < -0.4 is 10.8 Å². The first-order valence-corrected chi connectivity index (χ1v) is 4.89. The van der Waals surface area contributed by atoms with Gasteiger partial charge in [-0.15, -0.1) is 10.2 Å². The summed E-state index contributed by atoms with van der Waals surface area (Å²) in [5, 5.41) is 19.1. The van der Waals surface area contributed by atoms with Crippen molar-refractivity contribution >= 4 is 22.4 Å². The Balaban J connectivity index is 2.35. The third-order valence-corrected chi connectivity index (χ3v) is 2.61. The van der Waals surface area contributed by atoms with Crippen molar-refractivity contribution in [3.63, 3.8) is 0 Å². The first-order valence-electron chi connectivity index (χ1n) is 4.07. The van der Waals surface area contributed by atoms with Crippen molar-refractivity contribution in [3.8, 4) is 10.6 Å². The van der Waals surface area contributed by atoms with Crippen molar-refractivity contribution in [2.75, 3.05) is 5.73 Å². The summed E-state index contributed by atoms with van der Waals surface area (Å²) in [4.78, 5) is 10.5. The minimum absolute atomic E-state index is 0.135. The highest BCUT2D eigenvalue weighted by molar-refractivity contribution is 7.18. The Kier molecular flexibility index (Phi) is 2.34. The SMILES string of the molecule is Nc1nnc(-c2ccc(C(=O)[O-])cc2)s1. The average molecular weight is 220 g/mol. The molecule has 0 saturated carbocycles. The summed E-state index contributed by atoms with van der Waals surface area (Å²) in [6.07, 6.45) is 0. The van der Waals surface area contributed by atoms with Crippen LogP contribution in [0.2, 0.25) is 0 Å². The lowest BCUT2D eigenvalue weighted by atomic mass is 10.1. The summed E-state index contributed by atoms with van der Waals surface area (Å²) in [7, 11) is 0. The summed E-state index contributed by atoms with van der Waals surface area (Å²) in [5.74, 6) is -1.20. The highest BCUT2D eigenvalue weighted by Crippen LogP contribution is 2.24. The molecule has 0 bridgehead atoms. The molecule has 1 aromatic carbocycles. The van der Waals surface area contributed by atoms with Gasteiger partial charge < -0.3 is 15.6 Å². The van der Waals surface area contributed by atoms with Gasteiger partial charge in [0.2, 0.25) is 5.13 Å². The maximum absolute atomic E-state index is 10.5. The lowest BCUT2D eigenvalue weighted by Crippen LogP contribution is -2.21. The van der Waals surface area contributed by atoms with Crippen molar-refractivity contribution in [1.29, 1.82) is 0 Å². The highest BCUT2D eigenvalue weighted by atomic mass is 32.1. The Morgan fingerprint density at radius 2 is 1.93 bits per heavy atom. The molecule has 0 amide bonds. The molecule has 1 heterocycles. The van der Waals surface area contributed by atoms with Gasteiger partial charge in [-0.1, -0.05) is 35.6 Å². The number of carbonyl (C=O) groups excluding carboxylic acids is 1. The van der Waals surface area contributed by atoms with Crippen LogP contribution in [0, 0.1) is 0 Å². The molecule has 5 nitrogen and oxygen atoms in total. The zero-order chi connectivity index (χ0) is 10.8. The molecule has 2 rings (SSSR count). The number of hydrogen-bond acceptors (Lipinski definition) is 6. The van der Waals surface area contributed by atoms with Crippen molar-refractivity contribution in [2.24, 2.45) is 0 Å². The van der Waals surface area contributed by atoms with E-state index >= 15 is 0 Å². The number of nitrogens with two attached hydrogens (primary N) is 1. The first kappa shape index (κ1) is 9.60. The van der Waals surface area contributed by atoms with Gasteiger partial charge in [-0.3, -0.25) is 0 Å². The number of carbonyl (C=O) groups is 1. The van der Waals surface area contributed by atoms with Crippen molar-refractivity contribution in [3.05, 3.63) is 29.8 Å². The normalized spacial score (nSPS) is 10.1. The van der Waals surface area contributed by atoms with Crippen LogP contribution in [-0.2, 0) is 0 Å². The van der Waals surface area contributed by atoms with E-state index < -0.39 is 5.97 Å². The Morgan fingerprint density at radius 3 is 2.40 bits per heavy atom. The molecule has 0 unspecified atom stereocenters. The summed E-state index contributed by atoms with van der Waals surface area (Å²) in [6, 6.07) is 6.21. The van der Waals surface area contributed by atoms with E-state index in [9.17, 15) is 9.90 Å². The fourth-order valence-electron chi connectivity index (χ4n) is 1.10. The zero-order valence-corrected chi connectivity index (χ0v) is 8.32. The molecule has 76 valence electrons. The van der Waals surface area contributed by atoms with Gasteiger partial charge in [-0.05, 0) is 5.56 Å². The van der Waals surface area contributed by atoms with Crippen molar-refractivity contribution < 1.29 is 9.90 Å². The van der Waals surface area contributed by atoms with Gasteiger partial charge >= 0.3 is 0 Å². The molecule has 2 aromatic rings. The van der Waals surface area contributed by atoms with Crippen LogP contribution in [-0.4, -0.2) is 16.2 Å². The number of rotatable bonds is 2. The molecule has 2 N–H and O–H groups in total. The summed E-state index contributed by atoms with van der Waals surface area (Å²) < 4.78 is 0. The van der Waals surface area contributed by atoms with Gasteiger partial charge in [0.1, 0.15) is 5.01 Å². The predicted octanol–water partition coefficient (Wildman–Crippen LogP) is 0.151. The van der Waals surface area contributed by atoms with Crippen LogP contribution in [0.15, 0.2) is 24.3 Å². The number of nitrogen functional groups attached to an aromatic ring is 1. The van der Waals surface area contributed by atoms with Crippen molar-refractivity contribution in [1.82, 2.24) is 10.2 Å². The fourth-order valence-corrected chi connectivity index (χ4v) is 1.72. The molecule has 1 aromatic heterocycles. The van der Waals surface area contributed by atoms with Gasteiger partial charge in [-0.2, -0.15) is 0 Å². The predicted molar refractivity (Wildman–Crippen MR) is 54.1 cm³/mol. The number of carboxylic acid groups (broad SMARTS) is 1. The number of hydrogen-bond donors (Lipinski definition) is 1. The molecule has 0 radical (unpaired) electrons. The van der Waals surface area contributed by atoms with E-state index in [1.54, 1.807) is 12.1 Å². The number of nitrogens with zero attached hydrogens (tertiary/aromatic N) is 2. The van der Waals surface area contributed by atoms with Gasteiger partial charge in [-0.25, -0.2) is 0 Å². The lowest BCUT2D eigenvalue weighted by molar-refractivity contribution is -0.255. The van der Waals surface area contributed by atoms with E-state index in [0.717, 1.165) is 5.56 Å². The second-order valence-electron chi connectivity index (χ2n) is 2.81. The number of benzene rings is 1. The summed E-state index contributed by atoms with van der Waals surface area (Å²) >= 11 is 1.25. The molecule has 15 heavy (non-hydrogen) atoms. The zero-order valence-electron chi connectivity index (χ0n) is 7.51. The van der Waals surface area contributed by atoms with Gasteiger partial charge in [0.05, 0.1) is 5.97 Å². The number of aromatic carboxylic acids is 1. The Hall–Kier alpha value is -1.95. The summed E-state index contributed by atoms with van der Waals surface area (Å²) in [5.41, 5.74) is 6.36. The fraction of sp³-hybridized carbons (Fsp3) is 0. The van der Waals surface area contributed by atoms with Crippen molar-refractivity contribution in [2.45, 2.75) is 0 Å². The molecule has 0 fully saturated rings. The summed E-state index contributed by atoms with van der Waals surface area (Å²) in [6.45, 7) is 0. The van der Waals surface area contributed by atoms with Gasteiger partial charge in [0, 0.05) is 5.56 Å². The van der Waals surface area contributed by atoms with E-state index in [1.807, 2.05) is 0 Å². The lowest BCUT2D eigenvalue weighted by Gasteiger charge is -2.01. The topological polar surface area (TPSA) is 91.9 Å². The monoisotopic (exact) mass is 220 g/mol. The molecule has 6 heteroatoms. The van der Waals surface area contributed by atoms with E-state index in [0.29, 0.717) is 10.1 Å². The van der Waals surface area contributed by atoms with Crippen LogP contribution >= 0.6 is 11.3 Å².